The second kappa shape index (κ2) is 5.46. The predicted molar refractivity (Wildman–Crippen MR) is 58.2 cm³/mol. The van der Waals surface area contributed by atoms with Crippen molar-refractivity contribution < 1.29 is 9.53 Å². The lowest BCUT2D eigenvalue weighted by atomic mass is 10.1. The number of halogens is 1. The molecule has 0 unspecified atom stereocenters. The average Bonchev–Trinajstić information content (AvgIpc) is 2.26. The van der Waals surface area contributed by atoms with E-state index in [1.807, 2.05) is 12.1 Å². The number of benzene rings is 1. The van der Waals surface area contributed by atoms with Crippen LogP contribution in [0.4, 0.5) is 0 Å². The van der Waals surface area contributed by atoms with Crippen molar-refractivity contribution in [3.05, 3.63) is 35.4 Å². The van der Waals surface area contributed by atoms with Crippen LogP contribution in [-0.4, -0.2) is 12.6 Å². The summed E-state index contributed by atoms with van der Waals surface area (Å²) in [4.78, 5) is 11.3. The summed E-state index contributed by atoms with van der Waals surface area (Å²) in [6.07, 6.45) is 4.97. The van der Waals surface area contributed by atoms with Gasteiger partial charge in [-0.25, -0.2) is 4.79 Å². The standard InChI is InChI=1S/C11H9BrO2/c1-2-7-14-11(13)10-5-3-9(8-12)4-6-10/h1,3-6H,7-8H2. The maximum absolute atomic E-state index is 11.3. The minimum absolute atomic E-state index is 0.0129. The number of ether oxygens (including phenoxy) is 1. The van der Waals surface area contributed by atoms with Gasteiger partial charge in [-0.1, -0.05) is 34.0 Å². The molecule has 0 aliphatic heterocycles. The lowest BCUT2D eigenvalue weighted by Crippen LogP contribution is -2.04. The molecule has 0 radical (unpaired) electrons. The quantitative estimate of drug-likeness (QED) is 0.469. The molecule has 0 spiro atoms. The number of hydrogen-bond donors (Lipinski definition) is 0. The van der Waals surface area contributed by atoms with E-state index in [4.69, 9.17) is 11.2 Å². The summed E-state index contributed by atoms with van der Waals surface area (Å²) in [6.45, 7) is 0.0129. The Morgan fingerprint density at radius 1 is 1.43 bits per heavy atom. The zero-order chi connectivity index (χ0) is 10.4. The fourth-order valence-electron chi connectivity index (χ4n) is 0.920. The summed E-state index contributed by atoms with van der Waals surface area (Å²) in [6, 6.07) is 7.16. The van der Waals surface area contributed by atoms with Crippen LogP contribution in [0.2, 0.25) is 0 Å². The monoisotopic (exact) mass is 252 g/mol. The number of carbonyl (C=O) groups is 1. The lowest BCUT2D eigenvalue weighted by Gasteiger charge is -2.01. The number of hydrogen-bond acceptors (Lipinski definition) is 2. The zero-order valence-corrected chi connectivity index (χ0v) is 9.08. The second-order valence-corrected chi connectivity index (χ2v) is 3.17. The smallest absolute Gasteiger partial charge is 0.339 e. The molecule has 2 nitrogen and oxygen atoms in total. The molecule has 0 fully saturated rings. The second-order valence-electron chi connectivity index (χ2n) is 2.61. The molecule has 72 valence electrons. The third-order valence-electron chi connectivity index (χ3n) is 1.63. The van der Waals surface area contributed by atoms with Gasteiger partial charge in [0.2, 0.25) is 0 Å². The summed E-state index contributed by atoms with van der Waals surface area (Å²) in [5.41, 5.74) is 1.63. The molecule has 0 heterocycles. The third kappa shape index (κ3) is 2.90. The van der Waals surface area contributed by atoms with Crippen molar-refractivity contribution in [3.8, 4) is 12.3 Å². The first-order chi connectivity index (χ1) is 6.77. The van der Waals surface area contributed by atoms with E-state index in [-0.39, 0.29) is 12.6 Å². The highest BCUT2D eigenvalue weighted by molar-refractivity contribution is 9.08. The number of carbonyl (C=O) groups excluding carboxylic acids is 1. The summed E-state index contributed by atoms with van der Waals surface area (Å²) in [5.74, 6) is 1.86. The Kier molecular flexibility index (Phi) is 4.21. The van der Waals surface area contributed by atoms with Gasteiger partial charge in [-0.05, 0) is 17.7 Å². The first kappa shape index (κ1) is 10.8. The topological polar surface area (TPSA) is 26.3 Å². The van der Waals surface area contributed by atoms with Crippen LogP contribution in [0.25, 0.3) is 0 Å². The van der Waals surface area contributed by atoms with Crippen LogP contribution in [0.15, 0.2) is 24.3 Å². The van der Waals surface area contributed by atoms with Crippen molar-refractivity contribution in [1.29, 1.82) is 0 Å². The van der Waals surface area contributed by atoms with Crippen LogP contribution < -0.4 is 0 Å². The minimum Gasteiger partial charge on any atom is -0.449 e. The van der Waals surface area contributed by atoms with Gasteiger partial charge in [0.25, 0.3) is 0 Å². The van der Waals surface area contributed by atoms with Gasteiger partial charge in [0.05, 0.1) is 5.56 Å². The van der Waals surface area contributed by atoms with Crippen molar-refractivity contribution >= 4 is 21.9 Å². The Bertz CT molecular complexity index is 349. The Morgan fingerprint density at radius 3 is 2.57 bits per heavy atom. The van der Waals surface area contributed by atoms with E-state index < -0.39 is 0 Å². The molecule has 0 saturated heterocycles. The van der Waals surface area contributed by atoms with Gasteiger partial charge in [-0.3, -0.25) is 0 Å². The maximum atomic E-state index is 11.3. The number of alkyl halides is 1. The lowest BCUT2D eigenvalue weighted by molar-refractivity contribution is 0.0557. The molecule has 0 aliphatic carbocycles. The van der Waals surface area contributed by atoms with Crippen molar-refractivity contribution in [1.82, 2.24) is 0 Å². The van der Waals surface area contributed by atoms with Crippen LogP contribution in [0.5, 0.6) is 0 Å². The van der Waals surface area contributed by atoms with E-state index >= 15 is 0 Å². The van der Waals surface area contributed by atoms with Crippen molar-refractivity contribution in [3.63, 3.8) is 0 Å². The summed E-state index contributed by atoms with van der Waals surface area (Å²) >= 11 is 3.32. The van der Waals surface area contributed by atoms with Crippen molar-refractivity contribution in [2.24, 2.45) is 0 Å². The van der Waals surface area contributed by atoms with Gasteiger partial charge < -0.3 is 4.74 Å². The molecule has 0 aromatic heterocycles. The minimum atomic E-state index is -0.385. The molecule has 3 heteroatoms. The summed E-state index contributed by atoms with van der Waals surface area (Å²) < 4.78 is 4.76. The largest absolute Gasteiger partial charge is 0.449 e. The normalized spacial score (nSPS) is 9.14. The Morgan fingerprint density at radius 2 is 2.07 bits per heavy atom. The van der Waals surface area contributed by atoms with Crippen molar-refractivity contribution in [2.75, 3.05) is 6.61 Å². The summed E-state index contributed by atoms with van der Waals surface area (Å²) in [5, 5.41) is 0.771. The SMILES string of the molecule is C#CCOC(=O)c1ccc(CBr)cc1. The predicted octanol–water partition coefficient (Wildman–Crippen LogP) is 2.37. The van der Waals surface area contributed by atoms with E-state index in [2.05, 4.69) is 21.9 Å². The first-order valence-electron chi connectivity index (χ1n) is 4.03. The molecule has 1 rings (SSSR count). The van der Waals surface area contributed by atoms with Crippen molar-refractivity contribution in [2.45, 2.75) is 5.33 Å². The molecule has 0 saturated carbocycles. The molecular weight excluding hydrogens is 244 g/mol. The molecule has 1 aromatic carbocycles. The van der Waals surface area contributed by atoms with E-state index in [0.717, 1.165) is 10.9 Å². The average molecular weight is 253 g/mol. The Balaban J connectivity index is 2.67. The summed E-state index contributed by atoms with van der Waals surface area (Å²) in [7, 11) is 0. The third-order valence-corrected chi connectivity index (χ3v) is 2.28. The number of esters is 1. The highest BCUT2D eigenvalue weighted by atomic mass is 79.9. The Hall–Kier alpha value is -1.27. The van der Waals surface area contributed by atoms with Gasteiger partial charge in [0.15, 0.2) is 6.61 Å². The van der Waals surface area contributed by atoms with E-state index in [1.165, 1.54) is 0 Å². The van der Waals surface area contributed by atoms with Gasteiger partial charge in [-0.2, -0.15) is 0 Å². The fourth-order valence-corrected chi connectivity index (χ4v) is 1.29. The fraction of sp³-hybridized carbons (Fsp3) is 0.182. The van der Waals surface area contributed by atoms with Crippen LogP contribution in [-0.2, 0) is 10.1 Å². The molecular formula is C11H9BrO2. The molecule has 0 bridgehead atoms. The van der Waals surface area contributed by atoms with Gasteiger partial charge in [-0.15, -0.1) is 6.42 Å². The van der Waals surface area contributed by atoms with E-state index in [0.29, 0.717) is 5.56 Å². The molecule has 0 aliphatic rings. The first-order valence-corrected chi connectivity index (χ1v) is 5.15. The number of rotatable bonds is 3. The van der Waals surface area contributed by atoms with Crippen LogP contribution in [0.3, 0.4) is 0 Å². The highest BCUT2D eigenvalue weighted by Gasteiger charge is 2.05. The zero-order valence-electron chi connectivity index (χ0n) is 7.50. The molecule has 1 aromatic rings. The molecule has 0 amide bonds. The van der Waals surface area contributed by atoms with Crippen LogP contribution >= 0.6 is 15.9 Å². The van der Waals surface area contributed by atoms with Gasteiger partial charge in [0.1, 0.15) is 0 Å². The van der Waals surface area contributed by atoms with Crippen LogP contribution in [0.1, 0.15) is 15.9 Å². The molecule has 0 N–H and O–H groups in total. The van der Waals surface area contributed by atoms with E-state index in [1.54, 1.807) is 12.1 Å². The number of terminal acetylenes is 1. The Labute approximate surface area is 91.4 Å². The van der Waals surface area contributed by atoms with Gasteiger partial charge in [0, 0.05) is 5.33 Å². The van der Waals surface area contributed by atoms with E-state index in [9.17, 15) is 4.79 Å². The highest BCUT2D eigenvalue weighted by Crippen LogP contribution is 2.08. The van der Waals surface area contributed by atoms with Crippen LogP contribution in [0, 0.1) is 12.3 Å². The molecule has 14 heavy (non-hydrogen) atoms. The maximum Gasteiger partial charge on any atom is 0.339 e. The van der Waals surface area contributed by atoms with Gasteiger partial charge >= 0.3 is 5.97 Å². The molecule has 0 atom stereocenters.